The van der Waals surface area contributed by atoms with Crippen LogP contribution in [-0.4, -0.2) is 14.7 Å². The Kier molecular flexibility index (Phi) is 3.02. The van der Waals surface area contributed by atoms with Gasteiger partial charge in [-0.15, -0.1) is 0 Å². The van der Waals surface area contributed by atoms with E-state index in [4.69, 9.17) is 4.42 Å². The third-order valence-corrected chi connectivity index (χ3v) is 3.77. The van der Waals surface area contributed by atoms with E-state index in [0.29, 0.717) is 16.5 Å². The summed E-state index contributed by atoms with van der Waals surface area (Å²) >= 11 is 0. The Morgan fingerprint density at radius 2 is 1.89 bits per heavy atom. The average molecular weight is 266 g/mol. The first-order valence-corrected chi connectivity index (χ1v) is 7.54. The van der Waals surface area contributed by atoms with Crippen LogP contribution < -0.4 is 5.63 Å². The molecule has 2 rings (SSSR count). The van der Waals surface area contributed by atoms with E-state index in [0.717, 1.165) is 17.4 Å². The van der Waals surface area contributed by atoms with Gasteiger partial charge in [-0.2, -0.15) is 0 Å². The molecule has 0 amide bonds. The van der Waals surface area contributed by atoms with Crippen LogP contribution in [0.3, 0.4) is 0 Å². The summed E-state index contributed by atoms with van der Waals surface area (Å²) in [6.45, 7) is 3.77. The fourth-order valence-electron chi connectivity index (χ4n) is 1.93. The zero-order valence-electron chi connectivity index (χ0n) is 10.5. The number of aryl methyl sites for hydroxylation is 2. The van der Waals surface area contributed by atoms with Gasteiger partial charge >= 0.3 is 5.63 Å². The molecule has 5 heteroatoms. The number of hydrogen-bond acceptors (Lipinski definition) is 4. The highest BCUT2D eigenvalue weighted by Crippen LogP contribution is 2.24. The first-order valence-electron chi connectivity index (χ1n) is 5.48. The molecule has 18 heavy (non-hydrogen) atoms. The maximum atomic E-state index is 11.5. The Balaban J connectivity index is 2.83. The Hall–Kier alpha value is -1.62. The molecule has 96 valence electrons. The van der Waals surface area contributed by atoms with Crippen molar-refractivity contribution in [3.05, 3.63) is 45.3 Å². The normalized spacial score (nSPS) is 11.9. The lowest BCUT2D eigenvalue weighted by Crippen LogP contribution is -2.07. The van der Waals surface area contributed by atoms with Crippen molar-refractivity contribution in [2.45, 2.75) is 19.6 Å². The Bertz CT molecular complexity index is 769. The van der Waals surface area contributed by atoms with E-state index in [-0.39, 0.29) is 5.75 Å². The predicted octanol–water partition coefficient (Wildman–Crippen LogP) is 1.95. The molecule has 1 heterocycles. The molecule has 0 fully saturated rings. The lowest BCUT2D eigenvalue weighted by molar-refractivity contribution is 0.556. The van der Waals surface area contributed by atoms with Crippen molar-refractivity contribution in [2.24, 2.45) is 0 Å². The molecule has 0 aliphatic carbocycles. The molecule has 0 bridgehead atoms. The third-order valence-electron chi connectivity index (χ3n) is 2.94. The van der Waals surface area contributed by atoms with Crippen LogP contribution in [0.15, 0.2) is 27.4 Å². The monoisotopic (exact) mass is 266 g/mol. The van der Waals surface area contributed by atoms with Gasteiger partial charge in [-0.05, 0) is 30.5 Å². The van der Waals surface area contributed by atoms with Gasteiger partial charge in [0.15, 0.2) is 9.84 Å². The van der Waals surface area contributed by atoms with Crippen molar-refractivity contribution < 1.29 is 12.8 Å². The molecular formula is C13H14O4S. The largest absolute Gasteiger partial charge is 0.422 e. The molecule has 2 aromatic rings. The summed E-state index contributed by atoms with van der Waals surface area (Å²) in [6.07, 6.45) is 1.15. The quantitative estimate of drug-likeness (QED) is 0.779. The third kappa shape index (κ3) is 2.46. The number of fused-ring (bicyclic) bond motifs is 1. The topological polar surface area (TPSA) is 64.3 Å². The minimum atomic E-state index is -3.19. The Labute approximate surface area is 105 Å². The highest BCUT2D eigenvalue weighted by atomic mass is 32.2. The minimum absolute atomic E-state index is 0.155. The lowest BCUT2D eigenvalue weighted by atomic mass is 10.0. The molecule has 0 aliphatic heterocycles. The highest BCUT2D eigenvalue weighted by Gasteiger charge is 2.13. The van der Waals surface area contributed by atoms with E-state index in [1.54, 1.807) is 6.07 Å². The van der Waals surface area contributed by atoms with Crippen molar-refractivity contribution in [3.8, 4) is 0 Å². The van der Waals surface area contributed by atoms with Gasteiger partial charge in [0.25, 0.3) is 0 Å². The maximum Gasteiger partial charge on any atom is 0.336 e. The molecule has 0 aliphatic rings. The van der Waals surface area contributed by atoms with Gasteiger partial charge in [0.1, 0.15) is 5.58 Å². The van der Waals surface area contributed by atoms with Gasteiger partial charge in [0.2, 0.25) is 0 Å². The van der Waals surface area contributed by atoms with E-state index in [9.17, 15) is 13.2 Å². The van der Waals surface area contributed by atoms with Gasteiger partial charge in [0.05, 0.1) is 5.75 Å². The number of rotatable bonds is 2. The summed E-state index contributed by atoms with van der Waals surface area (Å²) in [5.41, 5.74) is 2.31. The second kappa shape index (κ2) is 4.24. The molecule has 0 saturated heterocycles. The van der Waals surface area contributed by atoms with Gasteiger partial charge in [-0.1, -0.05) is 12.1 Å². The van der Waals surface area contributed by atoms with Crippen LogP contribution in [0.25, 0.3) is 11.0 Å². The molecular weight excluding hydrogens is 252 g/mol. The molecule has 0 N–H and O–H groups in total. The zero-order chi connectivity index (χ0) is 13.5. The van der Waals surface area contributed by atoms with E-state index < -0.39 is 15.5 Å². The number of hydrogen-bond donors (Lipinski definition) is 0. The molecule has 1 aromatic carbocycles. The summed E-state index contributed by atoms with van der Waals surface area (Å²) in [7, 11) is -3.19. The van der Waals surface area contributed by atoms with Crippen molar-refractivity contribution in [3.63, 3.8) is 0 Å². The van der Waals surface area contributed by atoms with Crippen molar-refractivity contribution in [2.75, 3.05) is 6.26 Å². The maximum absolute atomic E-state index is 11.5. The summed E-state index contributed by atoms with van der Waals surface area (Å²) in [4.78, 5) is 11.5. The molecule has 0 saturated carbocycles. The van der Waals surface area contributed by atoms with Crippen molar-refractivity contribution in [1.29, 1.82) is 0 Å². The second-order valence-electron chi connectivity index (χ2n) is 4.54. The van der Waals surface area contributed by atoms with Crippen LogP contribution in [0.2, 0.25) is 0 Å². The van der Waals surface area contributed by atoms with Gasteiger partial charge in [-0.3, -0.25) is 0 Å². The lowest BCUT2D eigenvalue weighted by Gasteiger charge is -2.08. The van der Waals surface area contributed by atoms with E-state index >= 15 is 0 Å². The standard InChI is InChI=1S/C13H14O4S/c1-8-4-5-11-10(7-18(3,15)16)6-12(14)17-13(11)9(8)2/h4-6H,7H2,1-3H3. The summed E-state index contributed by atoms with van der Waals surface area (Å²) in [6, 6.07) is 4.93. The smallest absolute Gasteiger partial charge is 0.336 e. The van der Waals surface area contributed by atoms with Crippen molar-refractivity contribution in [1.82, 2.24) is 0 Å². The molecule has 0 unspecified atom stereocenters. The van der Waals surface area contributed by atoms with E-state index in [1.807, 2.05) is 19.9 Å². The first kappa shape index (κ1) is 12.8. The fourth-order valence-corrected chi connectivity index (χ4v) is 2.73. The fraction of sp³-hybridized carbons (Fsp3) is 0.308. The Morgan fingerprint density at radius 1 is 1.22 bits per heavy atom. The highest BCUT2D eigenvalue weighted by molar-refractivity contribution is 7.89. The second-order valence-corrected chi connectivity index (χ2v) is 6.69. The number of sulfone groups is 1. The molecule has 0 spiro atoms. The minimum Gasteiger partial charge on any atom is -0.422 e. The van der Waals surface area contributed by atoms with Gasteiger partial charge in [0, 0.05) is 17.7 Å². The molecule has 4 nitrogen and oxygen atoms in total. The predicted molar refractivity (Wildman–Crippen MR) is 70.5 cm³/mol. The summed E-state index contributed by atoms with van der Waals surface area (Å²) < 4.78 is 27.9. The molecule has 1 aromatic heterocycles. The van der Waals surface area contributed by atoms with Crippen LogP contribution in [0, 0.1) is 13.8 Å². The van der Waals surface area contributed by atoms with Crippen LogP contribution in [-0.2, 0) is 15.6 Å². The first-order chi connectivity index (χ1) is 8.28. The number of benzene rings is 1. The Morgan fingerprint density at radius 3 is 2.50 bits per heavy atom. The van der Waals surface area contributed by atoms with Crippen molar-refractivity contribution >= 4 is 20.8 Å². The van der Waals surface area contributed by atoms with Gasteiger partial charge in [-0.25, -0.2) is 13.2 Å². The van der Waals surface area contributed by atoms with Crippen LogP contribution in [0.4, 0.5) is 0 Å². The molecule has 0 radical (unpaired) electrons. The van der Waals surface area contributed by atoms with E-state index in [2.05, 4.69) is 0 Å². The van der Waals surface area contributed by atoms with Gasteiger partial charge < -0.3 is 4.42 Å². The van der Waals surface area contributed by atoms with Crippen LogP contribution in [0.1, 0.15) is 16.7 Å². The summed E-state index contributed by atoms with van der Waals surface area (Å²) in [5.74, 6) is -0.155. The SMILES string of the molecule is Cc1ccc2c(CS(C)(=O)=O)cc(=O)oc2c1C. The zero-order valence-corrected chi connectivity index (χ0v) is 11.3. The van der Waals surface area contributed by atoms with Crippen LogP contribution >= 0.6 is 0 Å². The molecule has 0 atom stereocenters. The summed E-state index contributed by atoms with van der Waals surface area (Å²) in [5, 5.41) is 0.683. The van der Waals surface area contributed by atoms with E-state index in [1.165, 1.54) is 6.07 Å². The van der Waals surface area contributed by atoms with Crippen LogP contribution in [0.5, 0.6) is 0 Å². The average Bonchev–Trinajstić information content (AvgIpc) is 2.21.